The second-order valence-corrected chi connectivity index (χ2v) is 16.4. The summed E-state index contributed by atoms with van der Waals surface area (Å²) >= 11 is 1.70. The van der Waals surface area contributed by atoms with Gasteiger partial charge in [-0.2, -0.15) is 0 Å². The van der Waals surface area contributed by atoms with Crippen LogP contribution in [0.25, 0.3) is 119 Å². The van der Waals surface area contributed by atoms with Crippen LogP contribution in [0.2, 0.25) is 0 Å². The number of thiophene rings is 1. The van der Waals surface area contributed by atoms with Crippen LogP contribution in [0.3, 0.4) is 0 Å². The van der Waals surface area contributed by atoms with E-state index in [9.17, 15) is 0 Å². The highest BCUT2D eigenvalue weighted by Crippen LogP contribution is 2.41. The maximum atomic E-state index is 5.36. The maximum Gasteiger partial charge on any atom is 0.143 e. The molecule has 0 aliphatic heterocycles. The number of aromatic nitrogens is 4. The number of fused-ring (bicyclic) bond motifs is 13. The highest BCUT2D eigenvalue weighted by molar-refractivity contribution is 7.25. The van der Waals surface area contributed by atoms with Crippen LogP contribution >= 0.6 is 11.3 Å². The first-order chi connectivity index (χ1) is 29.2. The quantitative estimate of drug-likeness (QED) is 0.179. The number of hydrogen-bond donors (Lipinski definition) is 0. The zero-order valence-electron chi connectivity index (χ0n) is 31.7. The van der Waals surface area contributed by atoms with Crippen molar-refractivity contribution in [1.29, 1.82) is 0 Å². The number of nitrogens with zero attached hydrogens (tertiary/aromatic N) is 4. The molecule has 0 radical (unpaired) electrons. The SMILES string of the molecule is c1cc(-c2ccc3sc4ncc(-c5cccc(-n6c7ccccc7c7ccc8ccccc8c76)c5)nc4c3c2)cc(-n2c3ccccc3c3ccc4ccccc4c32)c1. The first kappa shape index (κ1) is 32.5. The van der Waals surface area contributed by atoms with Crippen molar-refractivity contribution in [2.75, 3.05) is 0 Å². The summed E-state index contributed by atoms with van der Waals surface area (Å²) in [6, 6.07) is 68.3. The largest absolute Gasteiger partial charge is 0.309 e. The number of hydrogen-bond acceptors (Lipinski definition) is 3. The van der Waals surface area contributed by atoms with Gasteiger partial charge >= 0.3 is 0 Å². The molecular weight excluding hydrogens is 737 g/mol. The van der Waals surface area contributed by atoms with Crippen molar-refractivity contribution < 1.29 is 0 Å². The minimum atomic E-state index is 0.857. The minimum Gasteiger partial charge on any atom is -0.309 e. The molecule has 4 heterocycles. The molecule has 0 aliphatic carbocycles. The van der Waals surface area contributed by atoms with E-state index in [0.29, 0.717) is 0 Å². The van der Waals surface area contributed by atoms with E-state index >= 15 is 0 Å². The van der Waals surface area contributed by atoms with E-state index < -0.39 is 0 Å². The van der Waals surface area contributed by atoms with E-state index in [-0.39, 0.29) is 0 Å². The third kappa shape index (κ3) is 4.83. The van der Waals surface area contributed by atoms with Crippen molar-refractivity contribution in [2.45, 2.75) is 0 Å². The monoisotopic (exact) mass is 768 g/mol. The van der Waals surface area contributed by atoms with Crippen LogP contribution < -0.4 is 0 Å². The van der Waals surface area contributed by atoms with Gasteiger partial charge < -0.3 is 9.13 Å². The highest BCUT2D eigenvalue weighted by Gasteiger charge is 2.18. The number of benzene rings is 9. The second kappa shape index (κ2) is 12.4. The summed E-state index contributed by atoms with van der Waals surface area (Å²) < 4.78 is 6.02. The van der Waals surface area contributed by atoms with E-state index in [1.165, 1.54) is 69.9 Å². The van der Waals surface area contributed by atoms with Gasteiger partial charge in [0.05, 0.1) is 34.0 Å². The minimum absolute atomic E-state index is 0.857. The third-order valence-electron chi connectivity index (χ3n) is 12.1. The fraction of sp³-hybridized carbons (Fsp3) is 0. The van der Waals surface area contributed by atoms with Gasteiger partial charge in [-0.1, -0.05) is 140 Å². The fourth-order valence-corrected chi connectivity index (χ4v) is 10.4. The summed E-state index contributed by atoms with van der Waals surface area (Å²) in [5, 5.41) is 11.1. The molecule has 0 spiro atoms. The number of rotatable bonds is 4. The summed E-state index contributed by atoms with van der Waals surface area (Å²) in [5.41, 5.74) is 12.2. The van der Waals surface area contributed by atoms with Gasteiger partial charge in [0.15, 0.2) is 0 Å². The molecule has 4 aromatic heterocycles. The Morgan fingerprint density at radius 3 is 1.58 bits per heavy atom. The topological polar surface area (TPSA) is 35.6 Å². The van der Waals surface area contributed by atoms with Crippen LogP contribution in [-0.2, 0) is 0 Å². The molecule has 9 aromatic carbocycles. The van der Waals surface area contributed by atoms with E-state index in [0.717, 1.165) is 49.5 Å². The zero-order chi connectivity index (χ0) is 38.6. The molecule has 0 saturated carbocycles. The molecule has 5 heteroatoms. The lowest BCUT2D eigenvalue weighted by molar-refractivity contribution is 1.18. The van der Waals surface area contributed by atoms with Crippen LogP contribution in [0.5, 0.6) is 0 Å². The van der Waals surface area contributed by atoms with E-state index in [4.69, 9.17) is 9.97 Å². The first-order valence-corrected chi connectivity index (χ1v) is 20.8. The normalized spacial score (nSPS) is 12.1. The summed E-state index contributed by atoms with van der Waals surface area (Å²) in [4.78, 5) is 11.3. The molecule has 13 aromatic rings. The Morgan fingerprint density at radius 1 is 0.390 bits per heavy atom. The van der Waals surface area contributed by atoms with Crippen LogP contribution in [0.1, 0.15) is 0 Å². The van der Waals surface area contributed by atoms with Gasteiger partial charge in [-0.25, -0.2) is 9.97 Å². The molecule has 0 unspecified atom stereocenters. The summed E-state index contributed by atoms with van der Waals surface area (Å²) in [5.74, 6) is 0. The third-order valence-corrected chi connectivity index (χ3v) is 13.2. The molecule has 0 fully saturated rings. The molecule has 0 bridgehead atoms. The smallest absolute Gasteiger partial charge is 0.143 e. The Balaban J connectivity index is 0.943. The number of para-hydroxylation sites is 2. The molecule has 13 rings (SSSR count). The first-order valence-electron chi connectivity index (χ1n) is 20.0. The van der Waals surface area contributed by atoms with Gasteiger partial charge in [0.1, 0.15) is 10.3 Å². The lowest BCUT2D eigenvalue weighted by Gasteiger charge is -2.12. The van der Waals surface area contributed by atoms with Crippen LogP contribution in [-0.4, -0.2) is 19.1 Å². The lowest BCUT2D eigenvalue weighted by Crippen LogP contribution is -1.96. The van der Waals surface area contributed by atoms with Gasteiger partial charge in [0.25, 0.3) is 0 Å². The van der Waals surface area contributed by atoms with Crippen molar-refractivity contribution in [3.63, 3.8) is 0 Å². The molecule has 0 atom stereocenters. The van der Waals surface area contributed by atoms with Crippen molar-refractivity contribution in [1.82, 2.24) is 19.1 Å². The van der Waals surface area contributed by atoms with Crippen LogP contribution in [0.15, 0.2) is 194 Å². The van der Waals surface area contributed by atoms with E-state index in [2.05, 4.69) is 197 Å². The fourth-order valence-electron chi connectivity index (χ4n) is 9.48. The Morgan fingerprint density at radius 2 is 0.932 bits per heavy atom. The second-order valence-electron chi connectivity index (χ2n) is 15.4. The van der Waals surface area contributed by atoms with Crippen LogP contribution in [0, 0.1) is 0 Å². The molecule has 0 N–H and O–H groups in total. The predicted molar refractivity (Wildman–Crippen MR) is 249 cm³/mol. The predicted octanol–water partition coefficient (Wildman–Crippen LogP) is 14.7. The summed E-state index contributed by atoms with van der Waals surface area (Å²) in [6.45, 7) is 0. The van der Waals surface area contributed by atoms with Gasteiger partial charge in [-0.05, 0) is 70.4 Å². The van der Waals surface area contributed by atoms with Crippen LogP contribution in [0.4, 0.5) is 0 Å². The molecule has 0 aliphatic rings. The van der Waals surface area contributed by atoms with E-state index in [1.807, 2.05) is 6.20 Å². The van der Waals surface area contributed by atoms with E-state index in [1.54, 1.807) is 11.3 Å². The average molecular weight is 769 g/mol. The Hall–Kier alpha value is -7.60. The standard InChI is InChI=1S/C54H32N4S/c1-3-17-40-33(11-1)23-26-44-42-19-5-7-21-48(42)57(52(40)44)38-15-9-13-35(29-38)36-25-28-50-46(31-36)51-54(59-50)55-32-47(56-51)37-14-10-16-39(30-37)58-49-22-8-6-20-43(49)45-27-24-34-12-2-4-18-41(34)53(45)58/h1-32H. The average Bonchev–Trinajstić information content (AvgIpc) is 3.97. The zero-order valence-corrected chi connectivity index (χ0v) is 32.5. The highest BCUT2D eigenvalue weighted by atomic mass is 32.1. The van der Waals surface area contributed by atoms with Gasteiger partial charge in [0, 0.05) is 59.3 Å². The van der Waals surface area contributed by atoms with Crippen molar-refractivity contribution in [3.8, 4) is 33.8 Å². The summed E-state index contributed by atoms with van der Waals surface area (Å²) in [7, 11) is 0. The molecule has 0 saturated heterocycles. The molecule has 59 heavy (non-hydrogen) atoms. The molecule has 4 nitrogen and oxygen atoms in total. The summed E-state index contributed by atoms with van der Waals surface area (Å²) in [6.07, 6.45) is 1.93. The van der Waals surface area contributed by atoms with Gasteiger partial charge in [-0.15, -0.1) is 11.3 Å². The Bertz CT molecular complexity index is 3610. The van der Waals surface area contributed by atoms with Crippen molar-refractivity contribution in [2.24, 2.45) is 0 Å². The van der Waals surface area contributed by atoms with Gasteiger partial charge in [0.2, 0.25) is 0 Å². The maximum absolute atomic E-state index is 5.36. The molecule has 274 valence electrons. The van der Waals surface area contributed by atoms with Crippen molar-refractivity contribution in [3.05, 3.63) is 194 Å². The van der Waals surface area contributed by atoms with Crippen molar-refractivity contribution >= 4 is 96.9 Å². The lowest BCUT2D eigenvalue weighted by atomic mass is 10.0. The van der Waals surface area contributed by atoms with Gasteiger partial charge in [-0.3, -0.25) is 0 Å². The molecular formula is C54H32N4S. The Labute approximate surface area is 342 Å². The Kier molecular flexibility index (Phi) is 6.85. The molecule has 0 amide bonds.